The Balaban J connectivity index is 1.31. The average Bonchev–Trinajstić information content (AvgIpc) is 3.18. The van der Waals surface area contributed by atoms with E-state index < -0.39 is 0 Å². The lowest BCUT2D eigenvalue weighted by atomic mass is 9.89. The molecule has 9 heteroatoms. The fourth-order valence-corrected chi connectivity index (χ4v) is 7.44. The van der Waals surface area contributed by atoms with Crippen molar-refractivity contribution in [1.82, 2.24) is 9.97 Å². The summed E-state index contributed by atoms with van der Waals surface area (Å²) in [7, 11) is 0. The molecule has 6 aromatic rings. The zero-order chi connectivity index (χ0) is 39.1. The van der Waals surface area contributed by atoms with E-state index in [-0.39, 0.29) is 24.3 Å². The Bertz CT molecular complexity index is 2810. The standard InChI is InChI=1S/C47H44N4O5/c1-7-54-33-20-31-15-11-28(5)50-43(31)39(22-33)48-24-37-41(52)18-17-35-42(30-13-9-26(3)10-14-30)36-19-27(4)45(53)38(47(36)56-46(35)37)25-49-40-23-34(55-8-2)21-32-16-12-29(6)51-44(32)40/h9-23,48-49,53H,7-8,24-25H2,1-6H3. The van der Waals surface area contributed by atoms with E-state index >= 15 is 0 Å². The smallest absolute Gasteiger partial charge is 0.187 e. The lowest BCUT2D eigenvalue weighted by molar-refractivity contribution is 0.340. The van der Waals surface area contributed by atoms with Crippen LogP contribution in [0.2, 0.25) is 0 Å². The first-order valence-electron chi connectivity index (χ1n) is 19.0. The Hall–Kier alpha value is -6.61. The monoisotopic (exact) mass is 744 g/mol. The molecule has 1 aliphatic carbocycles. The van der Waals surface area contributed by atoms with E-state index in [1.807, 2.05) is 95.3 Å². The summed E-state index contributed by atoms with van der Waals surface area (Å²) in [6.07, 6.45) is 0. The molecule has 0 amide bonds. The minimum atomic E-state index is -0.172. The number of hydrogen-bond donors (Lipinski definition) is 3. The van der Waals surface area contributed by atoms with Crippen LogP contribution in [0.15, 0.2) is 100 Å². The molecule has 4 aromatic carbocycles. The van der Waals surface area contributed by atoms with Crippen LogP contribution in [0.25, 0.3) is 55.2 Å². The molecular weight excluding hydrogens is 701 g/mol. The maximum absolute atomic E-state index is 13.9. The van der Waals surface area contributed by atoms with Gasteiger partial charge in [-0.3, -0.25) is 14.8 Å². The molecule has 0 bridgehead atoms. The van der Waals surface area contributed by atoms with Gasteiger partial charge in [-0.25, -0.2) is 0 Å². The van der Waals surface area contributed by atoms with Crippen LogP contribution in [0.3, 0.4) is 0 Å². The van der Waals surface area contributed by atoms with E-state index in [0.29, 0.717) is 52.7 Å². The Kier molecular flexibility index (Phi) is 9.68. The molecular formula is C47H44N4O5. The molecule has 8 rings (SSSR count). The number of fused-ring (bicyclic) bond motifs is 4. The van der Waals surface area contributed by atoms with Gasteiger partial charge in [0.1, 0.15) is 28.6 Å². The Morgan fingerprint density at radius 2 is 1.25 bits per heavy atom. The normalized spacial score (nSPS) is 11.5. The molecule has 9 nitrogen and oxygen atoms in total. The Morgan fingerprint density at radius 3 is 1.82 bits per heavy atom. The summed E-state index contributed by atoms with van der Waals surface area (Å²) in [4.78, 5) is 23.6. The van der Waals surface area contributed by atoms with Crippen molar-refractivity contribution in [3.63, 3.8) is 0 Å². The zero-order valence-electron chi connectivity index (χ0n) is 32.5. The third kappa shape index (κ3) is 6.81. The fourth-order valence-electron chi connectivity index (χ4n) is 7.44. The van der Waals surface area contributed by atoms with Gasteiger partial charge in [0.25, 0.3) is 0 Å². The Morgan fingerprint density at radius 1 is 0.679 bits per heavy atom. The zero-order valence-corrected chi connectivity index (χ0v) is 32.5. The summed E-state index contributed by atoms with van der Waals surface area (Å²) >= 11 is 0. The average molecular weight is 745 g/mol. The highest BCUT2D eigenvalue weighted by atomic mass is 16.5. The van der Waals surface area contributed by atoms with Crippen molar-refractivity contribution in [2.24, 2.45) is 0 Å². The van der Waals surface area contributed by atoms with Crippen molar-refractivity contribution in [2.75, 3.05) is 23.8 Å². The van der Waals surface area contributed by atoms with Crippen LogP contribution in [0, 0.1) is 27.7 Å². The number of benzene rings is 5. The summed E-state index contributed by atoms with van der Waals surface area (Å²) < 4.78 is 18.7. The van der Waals surface area contributed by atoms with Crippen molar-refractivity contribution in [2.45, 2.75) is 54.6 Å². The lowest BCUT2D eigenvalue weighted by Gasteiger charge is -2.21. The topological polar surface area (TPSA) is 119 Å². The number of ether oxygens (including phenoxy) is 2. The van der Waals surface area contributed by atoms with Crippen LogP contribution in [-0.2, 0) is 13.1 Å². The number of anilines is 2. The maximum atomic E-state index is 13.9. The van der Waals surface area contributed by atoms with E-state index in [1.165, 1.54) is 0 Å². The molecule has 0 radical (unpaired) electrons. The number of pyridine rings is 2. The van der Waals surface area contributed by atoms with E-state index in [0.717, 1.165) is 72.2 Å². The van der Waals surface area contributed by atoms with Crippen molar-refractivity contribution >= 4 is 44.1 Å². The van der Waals surface area contributed by atoms with E-state index in [4.69, 9.17) is 23.9 Å². The number of nitrogens with zero attached hydrogens (tertiary/aromatic N) is 2. The highest BCUT2D eigenvalue weighted by molar-refractivity contribution is 6.04. The fraction of sp³-hybridized carbons (Fsp3) is 0.213. The van der Waals surface area contributed by atoms with Crippen molar-refractivity contribution in [3.8, 4) is 39.7 Å². The first kappa shape index (κ1) is 36.4. The summed E-state index contributed by atoms with van der Waals surface area (Å²) in [6, 6.07) is 29.6. The largest absolute Gasteiger partial charge is 0.507 e. The summed E-state index contributed by atoms with van der Waals surface area (Å²) in [6.45, 7) is 13.2. The highest BCUT2D eigenvalue weighted by Crippen LogP contribution is 2.45. The van der Waals surface area contributed by atoms with Crippen LogP contribution in [0.1, 0.15) is 47.5 Å². The molecule has 0 spiro atoms. The van der Waals surface area contributed by atoms with Crippen molar-refractivity contribution in [1.29, 1.82) is 0 Å². The molecule has 0 saturated carbocycles. The molecule has 0 atom stereocenters. The molecule has 0 saturated heterocycles. The molecule has 56 heavy (non-hydrogen) atoms. The third-order valence-electron chi connectivity index (χ3n) is 10.2. The van der Waals surface area contributed by atoms with E-state index in [9.17, 15) is 9.90 Å². The predicted molar refractivity (Wildman–Crippen MR) is 226 cm³/mol. The lowest BCUT2D eigenvalue weighted by Crippen LogP contribution is -2.15. The number of rotatable bonds is 11. The second kappa shape index (κ2) is 14.9. The van der Waals surface area contributed by atoms with Crippen molar-refractivity contribution in [3.05, 3.63) is 135 Å². The predicted octanol–water partition coefficient (Wildman–Crippen LogP) is 10.6. The van der Waals surface area contributed by atoms with Crippen LogP contribution >= 0.6 is 0 Å². The number of nitrogens with one attached hydrogen (secondary N) is 2. The first-order chi connectivity index (χ1) is 27.1. The minimum Gasteiger partial charge on any atom is -0.507 e. The molecule has 0 unspecified atom stereocenters. The number of aromatic nitrogens is 2. The van der Waals surface area contributed by atoms with Gasteiger partial charge in [-0.15, -0.1) is 0 Å². The number of hydrogen-bond acceptors (Lipinski definition) is 9. The highest BCUT2D eigenvalue weighted by Gasteiger charge is 2.26. The summed E-state index contributed by atoms with van der Waals surface area (Å²) in [5.74, 6) is 1.97. The molecule has 3 heterocycles. The number of phenols is 1. The molecule has 1 aliphatic heterocycles. The summed E-state index contributed by atoms with van der Waals surface area (Å²) in [5.41, 5.74) is 10.7. The number of aromatic hydroxyl groups is 1. The second-order valence-corrected chi connectivity index (χ2v) is 14.2. The molecule has 2 aliphatic rings. The van der Waals surface area contributed by atoms with Gasteiger partial charge >= 0.3 is 0 Å². The van der Waals surface area contributed by atoms with E-state index in [2.05, 4.69) is 41.8 Å². The number of phenolic OH excluding ortho intramolecular Hbond substituents is 1. The Labute approximate surface area is 325 Å². The van der Waals surface area contributed by atoms with Gasteiger partial charge in [-0.2, -0.15) is 0 Å². The van der Waals surface area contributed by atoms with Crippen LogP contribution < -0.4 is 25.5 Å². The van der Waals surface area contributed by atoms with Crippen molar-refractivity contribution < 1.29 is 19.0 Å². The van der Waals surface area contributed by atoms with Crippen LogP contribution in [0.5, 0.6) is 17.2 Å². The second-order valence-electron chi connectivity index (χ2n) is 14.2. The van der Waals surface area contributed by atoms with Gasteiger partial charge in [0.05, 0.1) is 46.7 Å². The SMILES string of the molecule is CCOc1cc(NCc2c3oc4c(CNc5cc(OCC)cc6ccc(C)nc56)c(O)c(C)cc4c(-c4ccc(C)cc4)c-3ccc2=O)c2nc(C)ccc2c1. The maximum Gasteiger partial charge on any atom is 0.187 e. The van der Waals surface area contributed by atoms with Gasteiger partial charge in [0.15, 0.2) is 5.43 Å². The van der Waals surface area contributed by atoms with E-state index in [1.54, 1.807) is 6.07 Å². The minimum absolute atomic E-state index is 0.107. The van der Waals surface area contributed by atoms with Gasteiger partial charge in [0.2, 0.25) is 0 Å². The number of aryl methyl sites for hydroxylation is 4. The quantitative estimate of drug-likeness (QED) is 0.111. The van der Waals surface area contributed by atoms with Crippen LogP contribution in [0.4, 0.5) is 11.4 Å². The first-order valence-corrected chi connectivity index (χ1v) is 19.0. The van der Waals surface area contributed by atoms with Gasteiger partial charge in [-0.1, -0.05) is 42.0 Å². The van der Waals surface area contributed by atoms with Gasteiger partial charge in [0, 0.05) is 63.9 Å². The molecule has 282 valence electrons. The third-order valence-corrected chi connectivity index (χ3v) is 10.2. The molecule has 2 aromatic heterocycles. The summed E-state index contributed by atoms with van der Waals surface area (Å²) in [5, 5.41) is 21.5. The molecule has 3 N–H and O–H groups in total. The molecule has 0 fully saturated rings. The van der Waals surface area contributed by atoms with Crippen LogP contribution in [-0.4, -0.2) is 28.3 Å². The van der Waals surface area contributed by atoms with Gasteiger partial charge < -0.3 is 29.6 Å². The van der Waals surface area contributed by atoms with Gasteiger partial charge in [-0.05, 0) is 95.1 Å².